The van der Waals surface area contributed by atoms with Gasteiger partial charge in [-0.2, -0.15) is 0 Å². The van der Waals surface area contributed by atoms with Gasteiger partial charge in [-0.1, -0.05) is 24.3 Å². The molecule has 0 fully saturated rings. The Morgan fingerprint density at radius 3 is 2.39 bits per heavy atom. The lowest BCUT2D eigenvalue weighted by atomic mass is 10.1. The summed E-state index contributed by atoms with van der Waals surface area (Å²) in [7, 11) is 0. The van der Waals surface area contributed by atoms with Crippen LogP contribution >= 0.6 is 0 Å². The molecule has 0 unspecified atom stereocenters. The summed E-state index contributed by atoms with van der Waals surface area (Å²) in [5.74, 6) is 1.44. The van der Waals surface area contributed by atoms with Crippen molar-refractivity contribution in [1.29, 1.82) is 0 Å². The van der Waals surface area contributed by atoms with Gasteiger partial charge in [0.1, 0.15) is 36.2 Å². The summed E-state index contributed by atoms with van der Waals surface area (Å²) in [6.07, 6.45) is 0.876. The minimum absolute atomic E-state index is 0.0672. The summed E-state index contributed by atoms with van der Waals surface area (Å²) in [6, 6.07) is 19.3. The van der Waals surface area contributed by atoms with Gasteiger partial charge in [-0.15, -0.1) is 0 Å². The Labute approximate surface area is 181 Å². The van der Waals surface area contributed by atoms with Crippen molar-refractivity contribution in [2.75, 3.05) is 13.2 Å². The third-order valence-electron chi connectivity index (χ3n) is 4.44. The highest BCUT2D eigenvalue weighted by atomic mass is 19.1. The van der Waals surface area contributed by atoms with Crippen molar-refractivity contribution >= 4 is 5.78 Å². The van der Waals surface area contributed by atoms with Gasteiger partial charge in [0.05, 0.1) is 6.61 Å². The first-order chi connectivity index (χ1) is 15.0. The monoisotopic (exact) mass is 424 g/mol. The zero-order chi connectivity index (χ0) is 22.1. The summed E-state index contributed by atoms with van der Waals surface area (Å²) in [6.45, 7) is 1.65. The van der Waals surface area contributed by atoms with E-state index in [0.29, 0.717) is 30.1 Å². The minimum atomic E-state index is -0.477. The van der Waals surface area contributed by atoms with Crippen LogP contribution in [0.25, 0.3) is 0 Å². The maximum atomic E-state index is 14.4. The highest BCUT2D eigenvalue weighted by Crippen LogP contribution is 2.29. The highest BCUT2D eigenvalue weighted by Gasteiger charge is 2.09. The fraction of sp³-hybridized carbons (Fsp3) is 0.240. The normalized spacial score (nSPS) is 10.5. The predicted molar refractivity (Wildman–Crippen MR) is 115 cm³/mol. The Kier molecular flexibility index (Phi) is 8.01. The van der Waals surface area contributed by atoms with Crippen LogP contribution in [0.4, 0.5) is 4.39 Å². The van der Waals surface area contributed by atoms with Crippen LogP contribution in [0.1, 0.15) is 24.5 Å². The summed E-state index contributed by atoms with van der Waals surface area (Å²) >= 11 is 0. The van der Waals surface area contributed by atoms with E-state index in [9.17, 15) is 9.18 Å². The largest absolute Gasteiger partial charge is 0.491 e. The molecule has 0 heterocycles. The molecule has 0 amide bonds. The number of aliphatic hydroxyl groups is 1. The molecule has 0 aliphatic rings. The van der Waals surface area contributed by atoms with Crippen molar-refractivity contribution in [3.05, 3.63) is 83.7 Å². The summed E-state index contributed by atoms with van der Waals surface area (Å²) in [5.41, 5.74) is 1.47. The maximum Gasteiger partial charge on any atom is 0.165 e. The quantitative estimate of drug-likeness (QED) is 0.465. The lowest BCUT2D eigenvalue weighted by molar-refractivity contribution is -0.116. The van der Waals surface area contributed by atoms with Crippen LogP contribution in [-0.2, 0) is 17.8 Å². The molecular formula is C25H25FO5. The van der Waals surface area contributed by atoms with E-state index in [1.165, 1.54) is 13.0 Å². The molecule has 0 aliphatic heterocycles. The van der Waals surface area contributed by atoms with Gasteiger partial charge in [-0.3, -0.25) is 0 Å². The van der Waals surface area contributed by atoms with Gasteiger partial charge in [0, 0.05) is 12.5 Å². The van der Waals surface area contributed by atoms with Crippen LogP contribution in [0.2, 0.25) is 0 Å². The molecule has 0 saturated carbocycles. The summed E-state index contributed by atoms with van der Waals surface area (Å²) < 4.78 is 31.5. The van der Waals surface area contributed by atoms with Gasteiger partial charge in [0.25, 0.3) is 0 Å². The van der Waals surface area contributed by atoms with E-state index in [2.05, 4.69) is 0 Å². The zero-order valence-corrected chi connectivity index (χ0v) is 17.3. The van der Waals surface area contributed by atoms with Crippen LogP contribution in [-0.4, -0.2) is 24.1 Å². The number of carbonyl (C=O) groups excluding carboxylic acids is 1. The van der Waals surface area contributed by atoms with E-state index in [1.54, 1.807) is 30.3 Å². The smallest absolute Gasteiger partial charge is 0.165 e. The van der Waals surface area contributed by atoms with E-state index in [1.807, 2.05) is 30.3 Å². The number of aliphatic hydroxyl groups excluding tert-OH is 1. The van der Waals surface area contributed by atoms with Gasteiger partial charge >= 0.3 is 0 Å². The Morgan fingerprint density at radius 1 is 0.903 bits per heavy atom. The Balaban J connectivity index is 1.72. The fourth-order valence-electron chi connectivity index (χ4n) is 2.94. The van der Waals surface area contributed by atoms with Gasteiger partial charge < -0.3 is 24.1 Å². The van der Waals surface area contributed by atoms with Crippen LogP contribution in [0.3, 0.4) is 0 Å². The first kappa shape index (κ1) is 22.3. The molecule has 162 valence electrons. The second-order valence-corrected chi connectivity index (χ2v) is 7.06. The van der Waals surface area contributed by atoms with Crippen molar-refractivity contribution in [2.24, 2.45) is 0 Å². The minimum Gasteiger partial charge on any atom is -0.491 e. The molecule has 1 N–H and O–H groups in total. The highest BCUT2D eigenvalue weighted by molar-refractivity contribution is 5.75. The molecule has 0 spiro atoms. The number of hydrogen-bond acceptors (Lipinski definition) is 5. The van der Waals surface area contributed by atoms with E-state index in [-0.39, 0.29) is 31.4 Å². The number of ketones is 1. The number of benzene rings is 3. The maximum absolute atomic E-state index is 14.4. The predicted octanol–water partition coefficient (Wildman–Crippen LogP) is 5.09. The average molecular weight is 424 g/mol. The molecule has 0 radical (unpaired) electrons. The van der Waals surface area contributed by atoms with E-state index >= 15 is 0 Å². The molecule has 3 aromatic carbocycles. The Bertz CT molecular complexity index is 1000. The summed E-state index contributed by atoms with van der Waals surface area (Å²) in [4.78, 5) is 11.1. The summed E-state index contributed by atoms with van der Waals surface area (Å²) in [5, 5.41) is 9.03. The van der Waals surface area contributed by atoms with E-state index in [4.69, 9.17) is 19.3 Å². The van der Waals surface area contributed by atoms with Crippen LogP contribution in [0.15, 0.2) is 66.7 Å². The molecule has 0 aromatic heterocycles. The second kappa shape index (κ2) is 11.1. The lowest BCUT2D eigenvalue weighted by Crippen LogP contribution is -2.04. The van der Waals surface area contributed by atoms with Crippen molar-refractivity contribution in [1.82, 2.24) is 0 Å². The molecule has 3 rings (SSSR count). The molecule has 0 bridgehead atoms. The Hall–Kier alpha value is -3.38. The molecule has 3 aromatic rings. The second-order valence-electron chi connectivity index (χ2n) is 7.06. The molecule has 0 atom stereocenters. The fourth-order valence-corrected chi connectivity index (χ4v) is 2.94. The number of para-hydroxylation sites is 1. The first-order valence-electron chi connectivity index (χ1n) is 10.0. The number of aryl methyl sites for hydroxylation is 1. The number of carbonyl (C=O) groups is 1. The number of rotatable bonds is 11. The van der Waals surface area contributed by atoms with Gasteiger partial charge in [-0.05, 0) is 60.9 Å². The van der Waals surface area contributed by atoms with E-state index in [0.717, 1.165) is 11.1 Å². The molecule has 0 aliphatic carbocycles. The van der Waals surface area contributed by atoms with Crippen LogP contribution in [0, 0.1) is 5.82 Å². The molecule has 31 heavy (non-hydrogen) atoms. The number of Topliss-reactive ketones (excluding diaryl/α,β-unsaturated/α-hetero) is 1. The Morgan fingerprint density at radius 2 is 1.68 bits per heavy atom. The van der Waals surface area contributed by atoms with Gasteiger partial charge in [-0.25, -0.2) is 4.39 Å². The van der Waals surface area contributed by atoms with Crippen molar-refractivity contribution in [3.63, 3.8) is 0 Å². The third-order valence-corrected chi connectivity index (χ3v) is 4.44. The molecular weight excluding hydrogens is 399 g/mol. The standard InChI is InChI=1S/C25H25FO5/c1-18(28)7-8-19-9-10-25(24(26)15-19)30-17-20-13-22(29-12-11-27)16-23(14-20)31-21-5-3-2-4-6-21/h2-6,9-10,13-16,27H,7-8,11-12,17H2,1H3. The molecule has 5 nitrogen and oxygen atoms in total. The number of hydrogen-bond donors (Lipinski definition) is 1. The molecule has 6 heteroatoms. The zero-order valence-electron chi connectivity index (χ0n) is 17.3. The van der Waals surface area contributed by atoms with Crippen molar-refractivity contribution < 1.29 is 28.5 Å². The SMILES string of the molecule is CC(=O)CCc1ccc(OCc2cc(OCCO)cc(Oc3ccccc3)c2)c(F)c1. The third kappa shape index (κ3) is 7.12. The number of ether oxygens (including phenoxy) is 3. The van der Waals surface area contributed by atoms with Crippen LogP contribution in [0.5, 0.6) is 23.0 Å². The molecule has 0 saturated heterocycles. The van der Waals surface area contributed by atoms with Crippen LogP contribution < -0.4 is 14.2 Å². The lowest BCUT2D eigenvalue weighted by Gasteiger charge is -2.13. The van der Waals surface area contributed by atoms with Crippen molar-refractivity contribution in [3.8, 4) is 23.0 Å². The van der Waals surface area contributed by atoms with Gasteiger partial charge in [0.2, 0.25) is 0 Å². The van der Waals surface area contributed by atoms with Crippen molar-refractivity contribution in [2.45, 2.75) is 26.4 Å². The average Bonchev–Trinajstić information content (AvgIpc) is 2.76. The van der Waals surface area contributed by atoms with Gasteiger partial charge in [0.15, 0.2) is 11.6 Å². The first-order valence-corrected chi connectivity index (χ1v) is 10.0. The number of halogens is 1. The van der Waals surface area contributed by atoms with E-state index < -0.39 is 5.82 Å². The topological polar surface area (TPSA) is 65.0 Å².